The van der Waals surface area contributed by atoms with E-state index in [-0.39, 0.29) is 28.4 Å². The third-order valence-electron chi connectivity index (χ3n) is 9.87. The monoisotopic (exact) mass is 403 g/mol. The molecule has 162 valence electrons. The molecule has 5 aliphatic rings. The maximum atomic E-state index is 13.2. The van der Waals surface area contributed by atoms with E-state index >= 15 is 0 Å². The molecular weight excluding hydrogens is 366 g/mol. The molecule has 5 nitrogen and oxygen atoms in total. The molecule has 4 N–H and O–H groups in total. The molecule has 0 amide bonds. The SMILES string of the molecule is CC(NC1CC1)[C@H]1CC[C@@]2(O)C3=CC(=O)C4C[C@@H](O)[C@@H](O)C[C@]4(C)C3CC[C@]12C. The lowest BCUT2D eigenvalue weighted by Gasteiger charge is -2.60. The van der Waals surface area contributed by atoms with E-state index in [0.717, 1.165) is 24.8 Å². The van der Waals surface area contributed by atoms with Crippen molar-refractivity contribution in [2.75, 3.05) is 0 Å². The van der Waals surface area contributed by atoms with Crippen LogP contribution in [0.2, 0.25) is 0 Å². The molecule has 0 aromatic rings. The lowest BCUT2D eigenvalue weighted by molar-refractivity contribution is -0.152. The lowest BCUT2D eigenvalue weighted by atomic mass is 9.46. The Morgan fingerprint density at radius 2 is 1.79 bits per heavy atom. The molecule has 4 fully saturated rings. The summed E-state index contributed by atoms with van der Waals surface area (Å²) in [6.07, 6.45) is 7.00. The zero-order valence-electron chi connectivity index (χ0n) is 18.0. The fraction of sp³-hybridized carbons (Fsp3) is 0.875. The molecule has 29 heavy (non-hydrogen) atoms. The first-order valence-corrected chi connectivity index (χ1v) is 11.7. The second-order valence-electron chi connectivity index (χ2n) is 11.4. The number of nitrogens with one attached hydrogen (secondary N) is 1. The van der Waals surface area contributed by atoms with Crippen LogP contribution in [0.3, 0.4) is 0 Å². The van der Waals surface area contributed by atoms with E-state index in [1.165, 1.54) is 12.8 Å². The quantitative estimate of drug-likeness (QED) is 0.581. The van der Waals surface area contributed by atoms with E-state index in [4.69, 9.17) is 0 Å². The van der Waals surface area contributed by atoms with Crippen molar-refractivity contribution in [2.24, 2.45) is 28.6 Å². The summed E-state index contributed by atoms with van der Waals surface area (Å²) in [5.74, 6) is 0.287. The average molecular weight is 404 g/mol. The van der Waals surface area contributed by atoms with Gasteiger partial charge in [0.1, 0.15) is 0 Å². The van der Waals surface area contributed by atoms with Gasteiger partial charge in [0.2, 0.25) is 0 Å². The Hall–Kier alpha value is -0.750. The van der Waals surface area contributed by atoms with Crippen molar-refractivity contribution in [3.63, 3.8) is 0 Å². The maximum Gasteiger partial charge on any atom is 0.159 e. The topological polar surface area (TPSA) is 89.8 Å². The van der Waals surface area contributed by atoms with E-state index < -0.39 is 17.8 Å². The first kappa shape index (κ1) is 20.2. The summed E-state index contributed by atoms with van der Waals surface area (Å²) in [4.78, 5) is 13.2. The number of aliphatic hydroxyl groups excluding tert-OH is 2. The molecule has 9 atom stereocenters. The van der Waals surface area contributed by atoms with Gasteiger partial charge in [-0.1, -0.05) is 13.8 Å². The Labute approximate surface area is 174 Å². The standard InChI is InChI=1S/C24H37NO4/c1-13(25-14-4-5-14)15-7-9-24(29)17-10-19(26)18-11-20(27)21(28)12-22(18,2)16(17)6-8-23(15,24)3/h10,13-16,18,20-21,25,27-29H,4-9,11-12H2,1-3H3/t13?,15-,16?,18?,20-,21+,22-,23-,24-/m1/s1. The van der Waals surface area contributed by atoms with Crippen LogP contribution >= 0.6 is 0 Å². The zero-order valence-corrected chi connectivity index (χ0v) is 18.0. The lowest BCUT2D eigenvalue weighted by Crippen LogP contribution is -2.61. The average Bonchev–Trinajstić information content (AvgIpc) is 3.40. The third kappa shape index (κ3) is 2.70. The van der Waals surface area contributed by atoms with Gasteiger partial charge in [-0.05, 0) is 87.2 Å². The van der Waals surface area contributed by atoms with Crippen molar-refractivity contribution in [1.29, 1.82) is 0 Å². The van der Waals surface area contributed by atoms with Crippen LogP contribution in [0.25, 0.3) is 0 Å². The summed E-state index contributed by atoms with van der Waals surface area (Å²) in [7, 11) is 0. The van der Waals surface area contributed by atoms with Crippen molar-refractivity contribution in [2.45, 2.75) is 102 Å². The summed E-state index contributed by atoms with van der Waals surface area (Å²) < 4.78 is 0. The molecule has 5 rings (SSSR count). The first-order valence-electron chi connectivity index (χ1n) is 11.7. The van der Waals surface area contributed by atoms with Crippen LogP contribution in [-0.4, -0.2) is 51.0 Å². The van der Waals surface area contributed by atoms with Crippen LogP contribution in [0.1, 0.15) is 72.1 Å². The number of hydrogen-bond donors (Lipinski definition) is 4. The summed E-state index contributed by atoms with van der Waals surface area (Å²) in [6.45, 7) is 6.62. The molecule has 3 unspecified atom stereocenters. The van der Waals surface area contributed by atoms with E-state index in [9.17, 15) is 20.1 Å². The summed E-state index contributed by atoms with van der Waals surface area (Å²) in [6, 6.07) is 1.01. The van der Waals surface area contributed by atoms with Gasteiger partial charge in [-0.2, -0.15) is 0 Å². The smallest absolute Gasteiger partial charge is 0.159 e. The van der Waals surface area contributed by atoms with Crippen LogP contribution in [0.15, 0.2) is 11.6 Å². The van der Waals surface area contributed by atoms with E-state index in [0.29, 0.717) is 37.3 Å². The Bertz CT molecular complexity index is 747. The fourth-order valence-electron chi connectivity index (χ4n) is 7.95. The highest BCUT2D eigenvalue weighted by Crippen LogP contribution is 2.67. The minimum Gasteiger partial charge on any atom is -0.390 e. The number of fused-ring (bicyclic) bond motifs is 5. The minimum absolute atomic E-state index is 0.0370. The second-order valence-corrected chi connectivity index (χ2v) is 11.4. The van der Waals surface area contributed by atoms with Crippen LogP contribution in [0, 0.1) is 28.6 Å². The molecule has 5 heteroatoms. The number of hydrogen-bond acceptors (Lipinski definition) is 5. The van der Waals surface area contributed by atoms with Gasteiger partial charge in [0, 0.05) is 23.4 Å². The van der Waals surface area contributed by atoms with Gasteiger partial charge >= 0.3 is 0 Å². The second kappa shape index (κ2) is 6.38. The van der Waals surface area contributed by atoms with E-state index in [1.54, 1.807) is 6.08 Å². The molecule has 5 aliphatic carbocycles. The van der Waals surface area contributed by atoms with Gasteiger partial charge in [0.25, 0.3) is 0 Å². The van der Waals surface area contributed by atoms with Crippen molar-refractivity contribution >= 4 is 5.78 Å². The summed E-state index contributed by atoms with van der Waals surface area (Å²) >= 11 is 0. The number of aliphatic hydroxyl groups is 3. The molecule has 0 aliphatic heterocycles. The number of carbonyl (C=O) groups excluding carboxylic acids is 1. The minimum atomic E-state index is -0.940. The highest BCUT2D eigenvalue weighted by atomic mass is 16.3. The fourth-order valence-corrected chi connectivity index (χ4v) is 7.95. The predicted molar refractivity (Wildman–Crippen MR) is 110 cm³/mol. The van der Waals surface area contributed by atoms with Crippen molar-refractivity contribution < 1.29 is 20.1 Å². The molecule has 0 saturated heterocycles. The Morgan fingerprint density at radius 3 is 2.48 bits per heavy atom. The molecule has 0 bridgehead atoms. The maximum absolute atomic E-state index is 13.2. The Kier molecular flexibility index (Phi) is 4.44. The highest BCUT2D eigenvalue weighted by molar-refractivity contribution is 5.95. The van der Waals surface area contributed by atoms with Gasteiger partial charge in [-0.25, -0.2) is 0 Å². The van der Waals surface area contributed by atoms with Gasteiger partial charge < -0.3 is 20.6 Å². The van der Waals surface area contributed by atoms with Gasteiger partial charge in [0.05, 0.1) is 17.8 Å². The predicted octanol–water partition coefficient (Wildman–Crippen LogP) is 2.33. The summed E-state index contributed by atoms with van der Waals surface area (Å²) in [5.41, 5.74) is -0.621. The molecule has 0 aromatic carbocycles. The van der Waals surface area contributed by atoms with Gasteiger partial charge in [-0.15, -0.1) is 0 Å². The van der Waals surface area contributed by atoms with Crippen LogP contribution in [-0.2, 0) is 4.79 Å². The normalized spacial score (nSPS) is 53.0. The Balaban J connectivity index is 1.50. The van der Waals surface area contributed by atoms with Crippen molar-refractivity contribution in [3.8, 4) is 0 Å². The molecular formula is C24H37NO4. The van der Waals surface area contributed by atoms with E-state index in [2.05, 4.69) is 26.1 Å². The molecule has 0 aromatic heterocycles. The number of allylic oxidation sites excluding steroid dienone is 1. The first-order chi connectivity index (χ1) is 13.6. The van der Waals surface area contributed by atoms with Crippen molar-refractivity contribution in [3.05, 3.63) is 11.6 Å². The third-order valence-corrected chi connectivity index (χ3v) is 9.87. The van der Waals surface area contributed by atoms with E-state index in [1.807, 2.05) is 0 Å². The largest absolute Gasteiger partial charge is 0.390 e. The van der Waals surface area contributed by atoms with Crippen LogP contribution in [0.5, 0.6) is 0 Å². The van der Waals surface area contributed by atoms with Gasteiger partial charge in [-0.3, -0.25) is 4.79 Å². The van der Waals surface area contributed by atoms with Crippen LogP contribution in [0.4, 0.5) is 0 Å². The molecule has 0 heterocycles. The summed E-state index contributed by atoms with van der Waals surface area (Å²) in [5, 5.41) is 36.5. The number of carbonyl (C=O) groups is 1. The molecule has 0 radical (unpaired) electrons. The molecule has 4 saturated carbocycles. The van der Waals surface area contributed by atoms with Crippen molar-refractivity contribution in [1.82, 2.24) is 5.32 Å². The highest BCUT2D eigenvalue weighted by Gasteiger charge is 2.66. The number of rotatable bonds is 3. The molecule has 0 spiro atoms. The Morgan fingerprint density at radius 1 is 1.07 bits per heavy atom. The van der Waals surface area contributed by atoms with Crippen LogP contribution < -0.4 is 5.32 Å². The van der Waals surface area contributed by atoms with Gasteiger partial charge in [0.15, 0.2) is 5.78 Å². The zero-order chi connectivity index (χ0) is 20.8. The number of ketones is 1.